The molecule has 0 aliphatic heterocycles. The van der Waals surface area contributed by atoms with Crippen LogP contribution in [0.1, 0.15) is 40.0 Å². The van der Waals surface area contributed by atoms with Gasteiger partial charge in [-0.25, -0.2) is 4.39 Å². The molecule has 1 aromatic rings. The van der Waals surface area contributed by atoms with Crippen molar-refractivity contribution in [2.45, 2.75) is 46.1 Å². The Labute approximate surface area is 110 Å². The molecule has 18 heavy (non-hydrogen) atoms. The van der Waals surface area contributed by atoms with Crippen LogP contribution >= 0.6 is 0 Å². The maximum atomic E-state index is 14.0. The SMILES string of the molecule is CCCCCNc1ccc(N(C)C(C)C)c(F)c1. The molecule has 0 atom stereocenters. The normalized spacial score (nSPS) is 10.8. The van der Waals surface area contributed by atoms with Crippen LogP contribution < -0.4 is 10.2 Å². The van der Waals surface area contributed by atoms with E-state index >= 15 is 0 Å². The Morgan fingerprint density at radius 2 is 2.00 bits per heavy atom. The Balaban J connectivity index is 2.62. The number of anilines is 2. The molecule has 0 unspecified atom stereocenters. The van der Waals surface area contributed by atoms with Gasteiger partial charge in [-0.05, 0) is 38.5 Å². The zero-order valence-corrected chi connectivity index (χ0v) is 12.0. The number of nitrogens with zero attached hydrogens (tertiary/aromatic N) is 1. The first-order valence-electron chi connectivity index (χ1n) is 6.82. The fraction of sp³-hybridized carbons (Fsp3) is 0.600. The topological polar surface area (TPSA) is 15.3 Å². The summed E-state index contributed by atoms with van der Waals surface area (Å²) >= 11 is 0. The monoisotopic (exact) mass is 252 g/mol. The van der Waals surface area contributed by atoms with Gasteiger partial charge in [0.2, 0.25) is 0 Å². The highest BCUT2D eigenvalue weighted by Gasteiger charge is 2.10. The highest BCUT2D eigenvalue weighted by atomic mass is 19.1. The van der Waals surface area contributed by atoms with E-state index in [4.69, 9.17) is 0 Å². The van der Waals surface area contributed by atoms with E-state index in [1.807, 2.05) is 24.1 Å². The lowest BCUT2D eigenvalue weighted by Gasteiger charge is -2.24. The average molecular weight is 252 g/mol. The van der Waals surface area contributed by atoms with E-state index in [2.05, 4.69) is 26.1 Å². The van der Waals surface area contributed by atoms with Gasteiger partial charge in [0.15, 0.2) is 0 Å². The van der Waals surface area contributed by atoms with Crippen molar-refractivity contribution in [3.63, 3.8) is 0 Å². The lowest BCUT2D eigenvalue weighted by Crippen LogP contribution is -2.26. The molecule has 0 aliphatic carbocycles. The number of unbranched alkanes of at least 4 members (excludes halogenated alkanes) is 2. The zero-order chi connectivity index (χ0) is 13.5. The Kier molecular flexibility index (Phi) is 5.96. The number of hydrogen-bond acceptors (Lipinski definition) is 2. The molecule has 0 radical (unpaired) electrons. The Morgan fingerprint density at radius 3 is 2.56 bits per heavy atom. The molecule has 0 aromatic heterocycles. The molecule has 102 valence electrons. The van der Waals surface area contributed by atoms with E-state index in [1.165, 1.54) is 12.8 Å². The lowest BCUT2D eigenvalue weighted by molar-refractivity contribution is 0.614. The maximum Gasteiger partial charge on any atom is 0.148 e. The summed E-state index contributed by atoms with van der Waals surface area (Å²) in [6, 6.07) is 5.67. The van der Waals surface area contributed by atoms with Gasteiger partial charge in [-0.15, -0.1) is 0 Å². The Bertz CT molecular complexity index is 364. The molecule has 0 spiro atoms. The summed E-state index contributed by atoms with van der Waals surface area (Å²) in [5, 5.41) is 3.26. The fourth-order valence-corrected chi connectivity index (χ4v) is 1.79. The second-order valence-electron chi connectivity index (χ2n) is 5.00. The van der Waals surface area contributed by atoms with Crippen molar-refractivity contribution in [1.29, 1.82) is 0 Å². The van der Waals surface area contributed by atoms with Gasteiger partial charge in [-0.1, -0.05) is 19.8 Å². The van der Waals surface area contributed by atoms with Gasteiger partial charge in [0, 0.05) is 25.3 Å². The summed E-state index contributed by atoms with van der Waals surface area (Å²) in [4.78, 5) is 1.94. The Hall–Kier alpha value is -1.25. The third kappa shape index (κ3) is 4.21. The quantitative estimate of drug-likeness (QED) is 0.729. The van der Waals surface area contributed by atoms with Crippen molar-refractivity contribution in [1.82, 2.24) is 0 Å². The number of benzene rings is 1. The molecular weight excluding hydrogens is 227 g/mol. The van der Waals surface area contributed by atoms with E-state index in [0.717, 1.165) is 18.7 Å². The van der Waals surface area contributed by atoms with Crippen LogP contribution in [0.15, 0.2) is 18.2 Å². The van der Waals surface area contributed by atoms with E-state index in [1.54, 1.807) is 6.07 Å². The first kappa shape index (κ1) is 14.8. The van der Waals surface area contributed by atoms with Crippen molar-refractivity contribution in [3.05, 3.63) is 24.0 Å². The van der Waals surface area contributed by atoms with Gasteiger partial charge in [0.05, 0.1) is 5.69 Å². The number of hydrogen-bond donors (Lipinski definition) is 1. The second-order valence-corrected chi connectivity index (χ2v) is 5.00. The molecule has 0 fully saturated rings. The minimum absolute atomic E-state index is 0.160. The van der Waals surface area contributed by atoms with Crippen molar-refractivity contribution in [2.75, 3.05) is 23.8 Å². The van der Waals surface area contributed by atoms with Crippen LogP contribution in [0.25, 0.3) is 0 Å². The summed E-state index contributed by atoms with van der Waals surface area (Å²) in [7, 11) is 1.91. The zero-order valence-electron chi connectivity index (χ0n) is 12.0. The summed E-state index contributed by atoms with van der Waals surface area (Å²) < 4.78 is 14.0. The number of nitrogens with one attached hydrogen (secondary N) is 1. The molecule has 0 aliphatic rings. The van der Waals surface area contributed by atoms with E-state index in [0.29, 0.717) is 11.7 Å². The number of rotatable bonds is 7. The van der Waals surface area contributed by atoms with Crippen molar-refractivity contribution in [3.8, 4) is 0 Å². The van der Waals surface area contributed by atoms with Crippen LogP contribution in [0.3, 0.4) is 0 Å². The largest absolute Gasteiger partial charge is 0.385 e. The lowest BCUT2D eigenvalue weighted by atomic mass is 10.2. The second kappa shape index (κ2) is 7.24. The molecule has 0 amide bonds. The van der Waals surface area contributed by atoms with Crippen LogP contribution in [-0.4, -0.2) is 19.6 Å². The molecule has 1 rings (SSSR count). The van der Waals surface area contributed by atoms with Crippen LogP contribution in [0, 0.1) is 5.82 Å². The van der Waals surface area contributed by atoms with Gasteiger partial charge in [0.25, 0.3) is 0 Å². The van der Waals surface area contributed by atoms with Crippen molar-refractivity contribution < 1.29 is 4.39 Å². The molecule has 0 bridgehead atoms. The minimum Gasteiger partial charge on any atom is -0.385 e. The number of halogens is 1. The Morgan fingerprint density at radius 1 is 1.28 bits per heavy atom. The molecule has 1 aromatic carbocycles. The fourth-order valence-electron chi connectivity index (χ4n) is 1.79. The van der Waals surface area contributed by atoms with Crippen LogP contribution in [0.5, 0.6) is 0 Å². The van der Waals surface area contributed by atoms with Gasteiger partial charge >= 0.3 is 0 Å². The first-order chi connectivity index (χ1) is 8.56. The molecule has 3 heteroatoms. The standard InChI is InChI=1S/C15H25FN2/c1-5-6-7-10-17-13-8-9-15(14(16)11-13)18(4)12(2)3/h8-9,11-12,17H,5-7,10H2,1-4H3. The molecule has 0 heterocycles. The average Bonchev–Trinajstić information content (AvgIpc) is 2.34. The van der Waals surface area contributed by atoms with E-state index in [9.17, 15) is 4.39 Å². The molecule has 0 saturated carbocycles. The third-order valence-electron chi connectivity index (χ3n) is 3.21. The van der Waals surface area contributed by atoms with Gasteiger partial charge in [-0.3, -0.25) is 0 Å². The summed E-state index contributed by atoms with van der Waals surface area (Å²) in [6.07, 6.45) is 3.55. The molecular formula is C15H25FN2. The van der Waals surface area contributed by atoms with Crippen LogP contribution in [-0.2, 0) is 0 Å². The maximum absolute atomic E-state index is 14.0. The smallest absolute Gasteiger partial charge is 0.148 e. The van der Waals surface area contributed by atoms with E-state index in [-0.39, 0.29) is 5.82 Å². The highest BCUT2D eigenvalue weighted by Crippen LogP contribution is 2.23. The van der Waals surface area contributed by atoms with E-state index < -0.39 is 0 Å². The first-order valence-corrected chi connectivity index (χ1v) is 6.82. The molecule has 0 saturated heterocycles. The van der Waals surface area contributed by atoms with Crippen molar-refractivity contribution in [2.24, 2.45) is 0 Å². The van der Waals surface area contributed by atoms with Gasteiger partial charge < -0.3 is 10.2 Å². The molecule has 1 N–H and O–H groups in total. The summed E-state index contributed by atoms with van der Waals surface area (Å²) in [5.41, 5.74) is 1.52. The van der Waals surface area contributed by atoms with Crippen molar-refractivity contribution >= 4 is 11.4 Å². The minimum atomic E-state index is -0.160. The summed E-state index contributed by atoms with van der Waals surface area (Å²) in [6.45, 7) is 7.19. The van der Waals surface area contributed by atoms with Crippen LogP contribution in [0.4, 0.5) is 15.8 Å². The van der Waals surface area contributed by atoms with Gasteiger partial charge in [0.1, 0.15) is 5.82 Å². The van der Waals surface area contributed by atoms with Crippen LogP contribution in [0.2, 0.25) is 0 Å². The highest BCUT2D eigenvalue weighted by molar-refractivity contribution is 5.56. The predicted molar refractivity (Wildman–Crippen MR) is 78.0 cm³/mol. The third-order valence-corrected chi connectivity index (χ3v) is 3.21. The summed E-state index contributed by atoms with van der Waals surface area (Å²) in [5.74, 6) is -0.160. The predicted octanol–water partition coefficient (Wildman–Crippen LogP) is 4.27. The molecule has 2 nitrogen and oxygen atoms in total. The van der Waals surface area contributed by atoms with Gasteiger partial charge in [-0.2, -0.15) is 0 Å².